The molecule has 0 saturated heterocycles. The van der Waals surface area contributed by atoms with E-state index >= 15 is 0 Å². The van der Waals surface area contributed by atoms with E-state index in [0.29, 0.717) is 23.1 Å². The van der Waals surface area contributed by atoms with Crippen LogP contribution in [0.1, 0.15) is 15.9 Å². The van der Waals surface area contributed by atoms with E-state index in [1.165, 1.54) is 19.2 Å². The van der Waals surface area contributed by atoms with E-state index < -0.39 is 11.5 Å². The number of para-hydroxylation sites is 1. The highest BCUT2D eigenvalue weighted by Crippen LogP contribution is 2.24. The van der Waals surface area contributed by atoms with Crippen molar-refractivity contribution in [2.24, 2.45) is 0 Å². The molecule has 0 unspecified atom stereocenters. The number of nitrogens with one attached hydrogen (secondary N) is 2. The summed E-state index contributed by atoms with van der Waals surface area (Å²) in [5, 5.41) is 3.80. The molecule has 2 aromatic carbocycles. The first-order valence-electron chi connectivity index (χ1n) is 7.32. The van der Waals surface area contributed by atoms with Crippen LogP contribution >= 0.6 is 0 Å². The Kier molecular flexibility index (Phi) is 4.29. The van der Waals surface area contributed by atoms with Crippen molar-refractivity contribution < 1.29 is 13.9 Å². The van der Waals surface area contributed by atoms with Crippen molar-refractivity contribution >= 4 is 22.6 Å². The van der Waals surface area contributed by atoms with E-state index in [2.05, 4.69) is 10.3 Å². The molecule has 1 heterocycles. The highest BCUT2D eigenvalue weighted by molar-refractivity contribution is 6.04. The number of halogens is 1. The fourth-order valence-corrected chi connectivity index (χ4v) is 2.52. The van der Waals surface area contributed by atoms with Gasteiger partial charge in [-0.3, -0.25) is 4.79 Å². The van der Waals surface area contributed by atoms with Gasteiger partial charge in [-0.1, -0.05) is 30.3 Å². The molecular weight excluding hydrogens is 311 g/mol. The van der Waals surface area contributed by atoms with Crippen molar-refractivity contribution in [1.82, 2.24) is 4.98 Å². The third-order valence-electron chi connectivity index (χ3n) is 3.69. The summed E-state index contributed by atoms with van der Waals surface area (Å²) in [7, 11) is 1.22. The molecule has 0 amide bonds. The molecule has 5 nitrogen and oxygen atoms in total. The van der Waals surface area contributed by atoms with Crippen molar-refractivity contribution in [3.8, 4) is 0 Å². The summed E-state index contributed by atoms with van der Waals surface area (Å²) in [5.41, 5.74) is 1.21. The van der Waals surface area contributed by atoms with Gasteiger partial charge in [-0.15, -0.1) is 0 Å². The number of carbonyl (C=O) groups excluding carboxylic acids is 1. The molecule has 0 saturated carbocycles. The first-order chi connectivity index (χ1) is 11.6. The molecule has 0 aliphatic carbocycles. The molecule has 0 fully saturated rings. The Bertz CT molecular complexity index is 949. The largest absolute Gasteiger partial charge is 0.465 e. The Morgan fingerprint density at radius 1 is 1.17 bits per heavy atom. The van der Waals surface area contributed by atoms with Gasteiger partial charge in [-0.2, -0.15) is 0 Å². The molecule has 0 atom stereocenters. The van der Waals surface area contributed by atoms with Crippen LogP contribution in [0.4, 0.5) is 10.1 Å². The highest BCUT2D eigenvalue weighted by atomic mass is 19.1. The predicted molar refractivity (Wildman–Crippen MR) is 89.6 cm³/mol. The first-order valence-corrected chi connectivity index (χ1v) is 7.32. The second-order valence-corrected chi connectivity index (χ2v) is 5.22. The number of H-pyrrole nitrogens is 1. The number of anilines is 1. The first kappa shape index (κ1) is 15.7. The normalized spacial score (nSPS) is 10.6. The number of pyridine rings is 1. The fourth-order valence-electron chi connectivity index (χ4n) is 2.52. The van der Waals surface area contributed by atoms with Gasteiger partial charge in [0.25, 0.3) is 5.56 Å². The fraction of sp³-hybridized carbons (Fsp3) is 0.111. The molecule has 0 aliphatic heterocycles. The van der Waals surface area contributed by atoms with E-state index in [-0.39, 0.29) is 11.4 Å². The summed E-state index contributed by atoms with van der Waals surface area (Å²) in [6.07, 6.45) is 0. The summed E-state index contributed by atoms with van der Waals surface area (Å²) in [4.78, 5) is 27.0. The molecule has 122 valence electrons. The zero-order chi connectivity index (χ0) is 17.1. The summed E-state index contributed by atoms with van der Waals surface area (Å²) < 4.78 is 17.7. The number of esters is 1. The number of ether oxygens (including phenoxy) is 1. The van der Waals surface area contributed by atoms with Crippen LogP contribution in [0.2, 0.25) is 0 Å². The van der Waals surface area contributed by atoms with Gasteiger partial charge >= 0.3 is 5.97 Å². The number of methoxy groups -OCH3 is 1. The van der Waals surface area contributed by atoms with Gasteiger partial charge in [0.15, 0.2) is 0 Å². The summed E-state index contributed by atoms with van der Waals surface area (Å²) in [6.45, 7) is 0.331. The van der Waals surface area contributed by atoms with Crippen molar-refractivity contribution in [3.05, 3.63) is 75.8 Å². The number of carbonyl (C=O) groups is 1. The van der Waals surface area contributed by atoms with Crippen LogP contribution in [0.5, 0.6) is 0 Å². The molecule has 1 aromatic heterocycles. The number of hydrogen-bond donors (Lipinski definition) is 2. The molecule has 2 N–H and O–H groups in total. The number of hydrogen-bond acceptors (Lipinski definition) is 4. The van der Waals surface area contributed by atoms with E-state index in [1.54, 1.807) is 30.3 Å². The number of aromatic nitrogens is 1. The molecule has 3 rings (SSSR count). The lowest BCUT2D eigenvalue weighted by Crippen LogP contribution is -2.22. The Morgan fingerprint density at radius 3 is 2.58 bits per heavy atom. The second kappa shape index (κ2) is 6.54. The molecule has 0 aliphatic rings. The lowest BCUT2D eigenvalue weighted by atomic mass is 10.1. The van der Waals surface area contributed by atoms with Crippen LogP contribution in [0, 0.1) is 5.82 Å². The van der Waals surface area contributed by atoms with E-state index in [4.69, 9.17) is 4.74 Å². The Labute approximate surface area is 137 Å². The van der Waals surface area contributed by atoms with Gasteiger partial charge in [0.2, 0.25) is 0 Å². The summed E-state index contributed by atoms with van der Waals surface area (Å²) in [5.74, 6) is -1.04. The minimum absolute atomic E-state index is 0.0849. The number of rotatable bonds is 4. The van der Waals surface area contributed by atoms with Crippen LogP contribution < -0.4 is 10.9 Å². The Balaban J connectivity index is 2.07. The van der Waals surface area contributed by atoms with Crippen LogP contribution in [-0.4, -0.2) is 18.1 Å². The number of fused-ring (bicyclic) bond motifs is 1. The average Bonchev–Trinajstić information content (AvgIpc) is 2.60. The standard InChI is InChI=1S/C18H15FN2O3/c1-24-18(23)15-16(20-10-11-6-8-12(19)9-7-11)13-4-2-3-5-14(13)21-17(15)22/h2-9H,10H2,1H3,(H2,20,21,22). The van der Waals surface area contributed by atoms with Crippen LogP contribution in [-0.2, 0) is 11.3 Å². The van der Waals surface area contributed by atoms with Gasteiger partial charge < -0.3 is 15.0 Å². The zero-order valence-electron chi connectivity index (χ0n) is 12.9. The van der Waals surface area contributed by atoms with Gasteiger partial charge in [0.1, 0.15) is 11.4 Å². The molecular formula is C18H15FN2O3. The number of aromatic amines is 1. The van der Waals surface area contributed by atoms with Crippen molar-refractivity contribution in [1.29, 1.82) is 0 Å². The smallest absolute Gasteiger partial charge is 0.345 e. The minimum atomic E-state index is -0.719. The molecule has 0 spiro atoms. The SMILES string of the molecule is COC(=O)c1c(NCc2ccc(F)cc2)c2ccccc2[nH]c1=O. The lowest BCUT2D eigenvalue weighted by Gasteiger charge is -2.13. The van der Waals surface area contributed by atoms with E-state index in [0.717, 1.165) is 5.56 Å². The number of benzene rings is 2. The monoisotopic (exact) mass is 326 g/mol. The van der Waals surface area contributed by atoms with Gasteiger partial charge in [0, 0.05) is 11.9 Å². The third kappa shape index (κ3) is 2.99. The van der Waals surface area contributed by atoms with Gasteiger partial charge in [0.05, 0.1) is 18.3 Å². The average molecular weight is 326 g/mol. The van der Waals surface area contributed by atoms with E-state index in [1.807, 2.05) is 6.07 Å². The molecule has 0 radical (unpaired) electrons. The summed E-state index contributed by atoms with van der Waals surface area (Å²) >= 11 is 0. The quantitative estimate of drug-likeness (QED) is 0.723. The zero-order valence-corrected chi connectivity index (χ0v) is 12.9. The third-order valence-corrected chi connectivity index (χ3v) is 3.69. The van der Waals surface area contributed by atoms with Crippen LogP contribution in [0.15, 0.2) is 53.3 Å². The predicted octanol–water partition coefficient (Wildman–Crippen LogP) is 3.07. The second-order valence-electron chi connectivity index (χ2n) is 5.22. The summed E-state index contributed by atoms with van der Waals surface area (Å²) in [6, 6.07) is 13.1. The van der Waals surface area contributed by atoms with Crippen LogP contribution in [0.3, 0.4) is 0 Å². The molecule has 0 bridgehead atoms. The minimum Gasteiger partial charge on any atom is -0.465 e. The molecule has 6 heteroatoms. The maximum atomic E-state index is 13.0. The molecule has 24 heavy (non-hydrogen) atoms. The lowest BCUT2D eigenvalue weighted by molar-refractivity contribution is 0.0600. The van der Waals surface area contributed by atoms with Crippen molar-refractivity contribution in [2.75, 3.05) is 12.4 Å². The highest BCUT2D eigenvalue weighted by Gasteiger charge is 2.19. The maximum absolute atomic E-state index is 13.0. The van der Waals surface area contributed by atoms with Crippen molar-refractivity contribution in [3.63, 3.8) is 0 Å². The topological polar surface area (TPSA) is 71.2 Å². The Morgan fingerprint density at radius 2 is 1.88 bits per heavy atom. The van der Waals surface area contributed by atoms with Crippen LogP contribution in [0.25, 0.3) is 10.9 Å². The Hall–Kier alpha value is -3.15. The maximum Gasteiger partial charge on any atom is 0.345 e. The van der Waals surface area contributed by atoms with Gasteiger partial charge in [-0.05, 0) is 23.8 Å². The van der Waals surface area contributed by atoms with Gasteiger partial charge in [-0.25, -0.2) is 9.18 Å². The van der Waals surface area contributed by atoms with E-state index in [9.17, 15) is 14.0 Å². The molecule has 3 aromatic rings. The van der Waals surface area contributed by atoms with Crippen molar-refractivity contribution in [2.45, 2.75) is 6.54 Å².